The van der Waals surface area contributed by atoms with E-state index in [1.54, 1.807) is 0 Å². The monoisotopic (exact) mass is 428 g/mol. The summed E-state index contributed by atoms with van der Waals surface area (Å²) in [4.78, 5) is 14.2. The number of nitrogens with zero attached hydrogens (tertiary/aromatic N) is 1. The number of allylic oxidation sites excluding steroid dienone is 2. The van der Waals surface area contributed by atoms with Crippen molar-refractivity contribution in [3.8, 4) is 0 Å². The Morgan fingerprint density at radius 3 is 2.23 bits per heavy atom. The first kappa shape index (κ1) is 26.9. The highest BCUT2D eigenvalue weighted by Crippen LogP contribution is 2.15. The molecule has 1 rings (SSSR count). The smallest absolute Gasteiger partial charge is 0.407 e. The summed E-state index contributed by atoms with van der Waals surface area (Å²) in [6.45, 7) is 11.9. The highest BCUT2D eigenvalue weighted by molar-refractivity contribution is 5.67. The molecule has 1 aliphatic rings. The van der Waals surface area contributed by atoms with Gasteiger partial charge in [-0.05, 0) is 58.0 Å². The van der Waals surface area contributed by atoms with E-state index < -0.39 is 0 Å². The van der Waals surface area contributed by atoms with Gasteiger partial charge in [0.25, 0.3) is 0 Å². The van der Waals surface area contributed by atoms with Crippen molar-refractivity contribution in [3.63, 3.8) is 0 Å². The van der Waals surface area contributed by atoms with Crippen molar-refractivity contribution in [1.82, 2.24) is 10.2 Å². The Morgan fingerprint density at radius 2 is 1.53 bits per heavy atom. The Labute approximate surface area is 183 Å². The van der Waals surface area contributed by atoms with E-state index >= 15 is 0 Å². The molecule has 1 N–H and O–H groups in total. The second kappa shape index (κ2) is 19.8. The highest BCUT2D eigenvalue weighted by Gasteiger charge is 2.14. The predicted octanol–water partition coefficient (Wildman–Crippen LogP) is 3.77. The Hall–Kier alpha value is -1.15. The molecule has 0 aromatic carbocycles. The fourth-order valence-corrected chi connectivity index (χ4v) is 3.27. The van der Waals surface area contributed by atoms with Crippen LogP contribution in [-0.4, -0.2) is 82.9 Å². The normalized spacial score (nSPS) is 18.0. The van der Waals surface area contributed by atoms with E-state index in [9.17, 15) is 4.79 Å². The SMILES string of the molecule is CCN(CC)CCCOCCOCCOCCCNC(=O)OC1CC/C=C\CCC1. The first-order chi connectivity index (χ1) is 14.8. The molecule has 0 radical (unpaired) electrons. The van der Waals surface area contributed by atoms with E-state index in [4.69, 9.17) is 18.9 Å². The van der Waals surface area contributed by atoms with Crippen LogP contribution in [0.4, 0.5) is 4.79 Å². The van der Waals surface area contributed by atoms with Gasteiger partial charge in [0.15, 0.2) is 0 Å². The van der Waals surface area contributed by atoms with Gasteiger partial charge in [-0.15, -0.1) is 0 Å². The van der Waals surface area contributed by atoms with Gasteiger partial charge in [0.1, 0.15) is 6.10 Å². The molecule has 1 atom stereocenters. The summed E-state index contributed by atoms with van der Waals surface area (Å²) < 4.78 is 22.1. The maximum Gasteiger partial charge on any atom is 0.407 e. The third kappa shape index (κ3) is 15.7. The molecule has 0 saturated heterocycles. The van der Waals surface area contributed by atoms with Crippen molar-refractivity contribution < 1.29 is 23.7 Å². The third-order valence-corrected chi connectivity index (χ3v) is 5.13. The Bertz CT molecular complexity index is 430. The Kier molecular flexibility index (Phi) is 17.7. The standard InChI is InChI=1S/C23H44N2O5/c1-3-25(4-2)15-11-17-28-19-21-29-20-18-27-16-10-14-24-23(26)30-22-12-8-6-5-7-9-13-22/h5-6,22H,3-4,7-21H2,1-2H3,(H,24,26)/b6-5-. The van der Waals surface area contributed by atoms with Gasteiger partial charge in [0.2, 0.25) is 0 Å². The second-order valence-corrected chi connectivity index (χ2v) is 7.50. The lowest BCUT2D eigenvalue weighted by Gasteiger charge is -2.18. The van der Waals surface area contributed by atoms with Crippen LogP contribution in [0.25, 0.3) is 0 Å². The van der Waals surface area contributed by atoms with Gasteiger partial charge in [-0.3, -0.25) is 0 Å². The van der Waals surface area contributed by atoms with Crippen LogP contribution in [0.3, 0.4) is 0 Å². The number of hydrogen-bond acceptors (Lipinski definition) is 6. The van der Waals surface area contributed by atoms with Crippen molar-refractivity contribution in [2.24, 2.45) is 0 Å². The van der Waals surface area contributed by atoms with Crippen LogP contribution in [-0.2, 0) is 18.9 Å². The number of amides is 1. The average molecular weight is 429 g/mol. The van der Waals surface area contributed by atoms with Crippen molar-refractivity contribution in [3.05, 3.63) is 12.2 Å². The molecule has 7 nitrogen and oxygen atoms in total. The number of nitrogens with one attached hydrogen (secondary N) is 1. The first-order valence-electron chi connectivity index (χ1n) is 11.8. The largest absolute Gasteiger partial charge is 0.446 e. The van der Waals surface area contributed by atoms with Crippen LogP contribution in [0.2, 0.25) is 0 Å². The molecular weight excluding hydrogens is 384 g/mol. The van der Waals surface area contributed by atoms with Crippen LogP contribution in [0.5, 0.6) is 0 Å². The maximum absolute atomic E-state index is 11.8. The van der Waals surface area contributed by atoms with Gasteiger partial charge in [0.05, 0.1) is 26.4 Å². The molecule has 7 heteroatoms. The molecular formula is C23H44N2O5. The molecule has 0 aromatic rings. The summed E-state index contributed by atoms with van der Waals surface area (Å²) in [6, 6.07) is 0. The summed E-state index contributed by atoms with van der Waals surface area (Å²) in [5.41, 5.74) is 0. The van der Waals surface area contributed by atoms with Crippen molar-refractivity contribution in [2.75, 3.05) is 65.8 Å². The van der Waals surface area contributed by atoms with Gasteiger partial charge >= 0.3 is 6.09 Å². The summed E-state index contributed by atoms with van der Waals surface area (Å²) >= 11 is 0. The van der Waals surface area contributed by atoms with E-state index in [0.29, 0.717) is 39.6 Å². The molecule has 0 fully saturated rings. The lowest BCUT2D eigenvalue weighted by molar-refractivity contribution is 0.0127. The van der Waals surface area contributed by atoms with Crippen LogP contribution in [0, 0.1) is 0 Å². The number of rotatable bonds is 17. The highest BCUT2D eigenvalue weighted by atomic mass is 16.6. The minimum absolute atomic E-state index is 0.0368. The van der Waals surface area contributed by atoms with E-state index in [1.807, 2.05) is 0 Å². The van der Waals surface area contributed by atoms with E-state index in [2.05, 4.69) is 36.2 Å². The zero-order valence-corrected chi connectivity index (χ0v) is 19.2. The third-order valence-electron chi connectivity index (χ3n) is 5.13. The molecule has 0 heterocycles. The van der Waals surface area contributed by atoms with Gasteiger partial charge in [-0.1, -0.05) is 26.0 Å². The van der Waals surface area contributed by atoms with Crippen LogP contribution < -0.4 is 5.32 Å². The quantitative estimate of drug-likeness (QED) is 0.281. The van der Waals surface area contributed by atoms with E-state index in [0.717, 1.165) is 71.2 Å². The molecule has 1 amide bonds. The number of carbonyl (C=O) groups is 1. The zero-order valence-electron chi connectivity index (χ0n) is 19.2. The van der Waals surface area contributed by atoms with Crippen LogP contribution >= 0.6 is 0 Å². The maximum atomic E-state index is 11.8. The lowest BCUT2D eigenvalue weighted by Crippen LogP contribution is -2.30. The van der Waals surface area contributed by atoms with Crippen LogP contribution in [0.1, 0.15) is 58.8 Å². The Balaban J connectivity index is 1.81. The van der Waals surface area contributed by atoms with Gasteiger partial charge in [-0.2, -0.15) is 0 Å². The summed E-state index contributed by atoms with van der Waals surface area (Å²) in [5.74, 6) is 0. The van der Waals surface area contributed by atoms with Gasteiger partial charge in [0, 0.05) is 26.3 Å². The van der Waals surface area contributed by atoms with Crippen molar-refractivity contribution >= 4 is 6.09 Å². The minimum atomic E-state index is -0.315. The molecule has 0 spiro atoms. The zero-order chi connectivity index (χ0) is 21.7. The van der Waals surface area contributed by atoms with Gasteiger partial charge < -0.3 is 29.2 Å². The second-order valence-electron chi connectivity index (χ2n) is 7.50. The predicted molar refractivity (Wildman–Crippen MR) is 120 cm³/mol. The molecule has 1 aliphatic carbocycles. The Morgan fingerprint density at radius 1 is 0.900 bits per heavy atom. The van der Waals surface area contributed by atoms with E-state index in [-0.39, 0.29) is 12.2 Å². The number of ether oxygens (including phenoxy) is 4. The van der Waals surface area contributed by atoms with Crippen LogP contribution in [0.15, 0.2) is 12.2 Å². The van der Waals surface area contributed by atoms with Gasteiger partial charge in [-0.25, -0.2) is 4.79 Å². The average Bonchev–Trinajstić information content (AvgIpc) is 2.73. The minimum Gasteiger partial charge on any atom is -0.446 e. The number of carbonyl (C=O) groups excluding carboxylic acids is 1. The summed E-state index contributed by atoms with van der Waals surface area (Å²) in [5, 5.41) is 2.81. The molecule has 1 unspecified atom stereocenters. The molecule has 0 aromatic heterocycles. The molecule has 30 heavy (non-hydrogen) atoms. The summed E-state index contributed by atoms with van der Waals surface area (Å²) in [7, 11) is 0. The summed E-state index contributed by atoms with van der Waals surface area (Å²) in [6.07, 6.45) is 10.9. The molecule has 0 bridgehead atoms. The first-order valence-corrected chi connectivity index (χ1v) is 11.8. The number of alkyl carbamates (subject to hydrolysis) is 1. The fraction of sp³-hybridized carbons (Fsp3) is 0.870. The van der Waals surface area contributed by atoms with E-state index in [1.165, 1.54) is 0 Å². The molecule has 0 aliphatic heterocycles. The molecule has 176 valence electrons. The fourth-order valence-electron chi connectivity index (χ4n) is 3.27. The topological polar surface area (TPSA) is 69.3 Å². The van der Waals surface area contributed by atoms with Crippen molar-refractivity contribution in [1.29, 1.82) is 0 Å². The van der Waals surface area contributed by atoms with Crippen molar-refractivity contribution in [2.45, 2.75) is 64.9 Å². The lowest BCUT2D eigenvalue weighted by atomic mass is 10.0. The molecule has 0 saturated carbocycles. The number of hydrogen-bond donors (Lipinski definition) is 1.